The van der Waals surface area contributed by atoms with E-state index < -0.39 is 0 Å². The molecule has 1 aliphatic heterocycles. The van der Waals surface area contributed by atoms with Crippen LogP contribution >= 0.6 is 11.3 Å². The predicted molar refractivity (Wildman–Crippen MR) is 114 cm³/mol. The van der Waals surface area contributed by atoms with Crippen LogP contribution in [-0.4, -0.2) is 35.0 Å². The predicted octanol–water partition coefficient (Wildman–Crippen LogP) is 4.83. The zero-order chi connectivity index (χ0) is 19.7. The fourth-order valence-corrected chi connectivity index (χ4v) is 4.71. The molecule has 28 heavy (non-hydrogen) atoms. The van der Waals surface area contributed by atoms with Crippen LogP contribution < -0.4 is 4.74 Å². The fraction of sp³-hybridized carbons (Fsp3) is 0.391. The Morgan fingerprint density at radius 1 is 1.14 bits per heavy atom. The number of likely N-dealkylation sites (tertiary alicyclic amines) is 1. The molecule has 2 heterocycles. The van der Waals surface area contributed by atoms with Crippen molar-refractivity contribution in [1.82, 2.24) is 9.88 Å². The van der Waals surface area contributed by atoms with Gasteiger partial charge >= 0.3 is 0 Å². The maximum Gasteiger partial charge on any atom is 0.274 e. The van der Waals surface area contributed by atoms with Gasteiger partial charge in [-0.2, -0.15) is 0 Å². The van der Waals surface area contributed by atoms with Gasteiger partial charge in [-0.05, 0) is 43.5 Å². The number of benzene rings is 2. The molecule has 1 aliphatic rings. The van der Waals surface area contributed by atoms with E-state index in [9.17, 15) is 4.79 Å². The van der Waals surface area contributed by atoms with E-state index in [0.29, 0.717) is 6.42 Å². The second-order valence-corrected chi connectivity index (χ2v) is 8.70. The lowest BCUT2D eigenvalue weighted by Crippen LogP contribution is -2.42. The molecular formula is C23H26N2O2S. The van der Waals surface area contributed by atoms with Crippen molar-refractivity contribution in [2.24, 2.45) is 0 Å². The topological polar surface area (TPSA) is 42.4 Å². The van der Waals surface area contributed by atoms with Crippen molar-refractivity contribution >= 4 is 27.5 Å². The van der Waals surface area contributed by atoms with Gasteiger partial charge in [-0.25, -0.2) is 4.98 Å². The molecule has 0 saturated carbocycles. The van der Waals surface area contributed by atoms with E-state index in [0.717, 1.165) is 46.9 Å². The maximum atomic E-state index is 12.7. The van der Waals surface area contributed by atoms with Crippen LogP contribution in [0.5, 0.6) is 5.19 Å². The molecule has 1 fully saturated rings. The van der Waals surface area contributed by atoms with Gasteiger partial charge in [0.25, 0.3) is 5.19 Å². The molecule has 0 N–H and O–H groups in total. The van der Waals surface area contributed by atoms with Crippen LogP contribution in [0.3, 0.4) is 0 Å². The monoisotopic (exact) mass is 394 g/mol. The summed E-state index contributed by atoms with van der Waals surface area (Å²) in [6.45, 7) is 7.71. The summed E-state index contributed by atoms with van der Waals surface area (Å²) in [5.74, 6) is 0.211. The molecule has 0 aliphatic carbocycles. The molecule has 5 heteroatoms. The lowest BCUT2D eigenvalue weighted by atomic mass is 10.0. The van der Waals surface area contributed by atoms with Gasteiger partial charge in [0.05, 0.1) is 16.6 Å². The number of hydrogen-bond donors (Lipinski definition) is 0. The SMILES string of the molecule is Cc1ccc(C)c(CC(=O)N2CCC(Oc3nc4c(C)cccc4s3)CC2)c1. The van der Waals surface area contributed by atoms with Gasteiger partial charge in [-0.3, -0.25) is 4.79 Å². The van der Waals surface area contributed by atoms with E-state index in [1.54, 1.807) is 11.3 Å². The average molecular weight is 395 g/mol. The van der Waals surface area contributed by atoms with Gasteiger partial charge < -0.3 is 9.64 Å². The molecule has 0 spiro atoms. The minimum absolute atomic E-state index is 0.130. The maximum absolute atomic E-state index is 12.7. The first kappa shape index (κ1) is 18.9. The molecule has 1 amide bonds. The number of thiazole rings is 1. The van der Waals surface area contributed by atoms with Crippen molar-refractivity contribution < 1.29 is 9.53 Å². The minimum atomic E-state index is 0.130. The van der Waals surface area contributed by atoms with E-state index in [-0.39, 0.29) is 12.0 Å². The first-order valence-corrected chi connectivity index (χ1v) is 10.7. The molecule has 1 aromatic heterocycles. The average Bonchev–Trinajstić information content (AvgIpc) is 3.09. The molecule has 0 radical (unpaired) electrons. The van der Waals surface area contributed by atoms with Gasteiger partial charge in [0.1, 0.15) is 6.10 Å². The zero-order valence-corrected chi connectivity index (χ0v) is 17.5. The van der Waals surface area contributed by atoms with Gasteiger partial charge in [0, 0.05) is 25.9 Å². The van der Waals surface area contributed by atoms with Crippen molar-refractivity contribution in [3.05, 3.63) is 58.7 Å². The molecule has 146 valence electrons. The Hall–Kier alpha value is -2.40. The third-order valence-electron chi connectivity index (χ3n) is 5.51. The summed E-state index contributed by atoms with van der Waals surface area (Å²) in [6, 6.07) is 12.5. The number of fused-ring (bicyclic) bond motifs is 1. The molecule has 4 nitrogen and oxygen atoms in total. The summed E-state index contributed by atoms with van der Waals surface area (Å²) in [7, 11) is 0. The summed E-state index contributed by atoms with van der Waals surface area (Å²) in [6.07, 6.45) is 2.32. The number of aryl methyl sites for hydroxylation is 3. The lowest BCUT2D eigenvalue weighted by molar-refractivity contribution is -0.132. The van der Waals surface area contributed by atoms with Crippen LogP contribution in [0.4, 0.5) is 0 Å². The highest BCUT2D eigenvalue weighted by atomic mass is 32.1. The first-order chi connectivity index (χ1) is 13.5. The van der Waals surface area contributed by atoms with Crippen molar-refractivity contribution in [3.8, 4) is 5.19 Å². The zero-order valence-electron chi connectivity index (χ0n) is 16.7. The molecule has 3 aromatic rings. The molecule has 0 bridgehead atoms. The Kier molecular flexibility index (Phi) is 5.36. The Morgan fingerprint density at radius 2 is 1.93 bits per heavy atom. The molecule has 0 atom stereocenters. The Bertz CT molecular complexity index is 1000. The van der Waals surface area contributed by atoms with E-state index in [2.05, 4.69) is 62.2 Å². The second kappa shape index (κ2) is 7.92. The van der Waals surface area contributed by atoms with Crippen LogP contribution in [0.2, 0.25) is 0 Å². The number of ether oxygens (including phenoxy) is 1. The minimum Gasteiger partial charge on any atom is -0.467 e. The van der Waals surface area contributed by atoms with E-state index in [1.807, 2.05) is 4.90 Å². The highest BCUT2D eigenvalue weighted by Gasteiger charge is 2.25. The largest absolute Gasteiger partial charge is 0.467 e. The Labute approximate surface area is 170 Å². The smallest absolute Gasteiger partial charge is 0.274 e. The quantitative estimate of drug-likeness (QED) is 0.636. The molecule has 0 unspecified atom stereocenters. The number of rotatable bonds is 4. The standard InChI is InChI=1S/C23H26N2O2S/c1-15-7-8-16(2)18(13-15)14-21(26)25-11-9-19(10-12-25)27-23-24-22-17(3)5-4-6-20(22)28-23/h4-8,13,19H,9-12,14H2,1-3H3. The Morgan fingerprint density at radius 3 is 2.68 bits per heavy atom. The van der Waals surface area contributed by atoms with Crippen LogP contribution in [0.15, 0.2) is 36.4 Å². The van der Waals surface area contributed by atoms with E-state index >= 15 is 0 Å². The van der Waals surface area contributed by atoms with Crippen LogP contribution in [0.1, 0.15) is 35.1 Å². The van der Waals surface area contributed by atoms with Gasteiger partial charge in [0.2, 0.25) is 5.91 Å². The molecule has 1 saturated heterocycles. The fourth-order valence-electron chi connectivity index (χ4n) is 3.75. The third-order valence-corrected chi connectivity index (χ3v) is 6.42. The lowest BCUT2D eigenvalue weighted by Gasteiger charge is -2.31. The van der Waals surface area contributed by atoms with Gasteiger partial charge in [0.15, 0.2) is 0 Å². The van der Waals surface area contributed by atoms with E-state index in [1.165, 1.54) is 16.7 Å². The van der Waals surface area contributed by atoms with Crippen LogP contribution in [-0.2, 0) is 11.2 Å². The van der Waals surface area contributed by atoms with E-state index in [4.69, 9.17) is 4.74 Å². The summed E-state index contributed by atoms with van der Waals surface area (Å²) in [5, 5.41) is 0.740. The Balaban J connectivity index is 1.34. The summed E-state index contributed by atoms with van der Waals surface area (Å²) < 4.78 is 7.31. The number of piperidine rings is 1. The first-order valence-electron chi connectivity index (χ1n) is 9.86. The number of amides is 1. The van der Waals surface area contributed by atoms with Crippen molar-refractivity contribution in [2.45, 2.75) is 46.1 Å². The number of hydrogen-bond acceptors (Lipinski definition) is 4. The van der Waals surface area contributed by atoms with Crippen LogP contribution in [0, 0.1) is 20.8 Å². The molecule has 2 aromatic carbocycles. The summed E-state index contributed by atoms with van der Waals surface area (Å²) >= 11 is 1.60. The number of para-hydroxylation sites is 1. The highest BCUT2D eigenvalue weighted by molar-refractivity contribution is 7.20. The second-order valence-electron chi connectivity index (χ2n) is 7.71. The van der Waals surface area contributed by atoms with Crippen molar-refractivity contribution in [2.75, 3.05) is 13.1 Å². The molecule has 4 rings (SSSR count). The van der Waals surface area contributed by atoms with Gasteiger partial charge in [-0.15, -0.1) is 0 Å². The number of nitrogens with zero attached hydrogens (tertiary/aromatic N) is 2. The summed E-state index contributed by atoms with van der Waals surface area (Å²) in [5.41, 5.74) is 5.72. The van der Waals surface area contributed by atoms with Crippen molar-refractivity contribution in [1.29, 1.82) is 0 Å². The molecular weight excluding hydrogens is 368 g/mol. The number of carbonyl (C=O) groups is 1. The number of aromatic nitrogens is 1. The highest BCUT2D eigenvalue weighted by Crippen LogP contribution is 2.31. The van der Waals surface area contributed by atoms with Gasteiger partial charge in [-0.1, -0.05) is 47.2 Å². The number of carbonyl (C=O) groups excluding carboxylic acids is 1. The van der Waals surface area contributed by atoms with Crippen molar-refractivity contribution in [3.63, 3.8) is 0 Å². The summed E-state index contributed by atoms with van der Waals surface area (Å²) in [4.78, 5) is 19.4. The third kappa shape index (κ3) is 4.04. The van der Waals surface area contributed by atoms with Crippen LogP contribution in [0.25, 0.3) is 10.2 Å². The normalized spacial score (nSPS) is 15.2.